The highest BCUT2D eigenvalue weighted by molar-refractivity contribution is 6.17. The maximum Gasteiger partial charge on any atom is 0.145 e. The summed E-state index contributed by atoms with van der Waals surface area (Å²) in [7, 11) is 0. The van der Waals surface area contributed by atoms with Crippen LogP contribution in [-0.4, -0.2) is 4.57 Å². The van der Waals surface area contributed by atoms with Crippen molar-refractivity contribution in [3.8, 4) is 39.1 Å². The highest BCUT2D eigenvalue weighted by Gasteiger charge is 2.23. The van der Waals surface area contributed by atoms with E-state index < -0.39 is 0 Å². The van der Waals surface area contributed by atoms with Gasteiger partial charge in [0, 0.05) is 49.6 Å². The van der Waals surface area contributed by atoms with Crippen molar-refractivity contribution in [2.75, 3.05) is 4.90 Å². The Morgan fingerprint density at radius 3 is 1.56 bits per heavy atom. The lowest BCUT2D eigenvalue weighted by molar-refractivity contribution is 0.669. The van der Waals surface area contributed by atoms with Crippen molar-refractivity contribution in [3.63, 3.8) is 0 Å². The lowest BCUT2D eigenvalue weighted by Crippen LogP contribution is -2.10. The minimum Gasteiger partial charge on any atom is -0.456 e. The number of benzene rings is 11. The molecule has 3 heterocycles. The third kappa shape index (κ3) is 6.01. The normalized spacial score (nSPS) is 11.8. The Bertz CT molecular complexity index is 4200. The summed E-state index contributed by atoms with van der Waals surface area (Å²) in [5, 5.41) is 9.32. The van der Waals surface area contributed by atoms with E-state index in [1.165, 1.54) is 38.1 Å². The third-order valence-electron chi connectivity index (χ3n) is 13.8. The van der Waals surface area contributed by atoms with Crippen LogP contribution in [0, 0.1) is 0 Å². The molecule has 4 heteroatoms. The smallest absolute Gasteiger partial charge is 0.145 e. The maximum absolute atomic E-state index is 6.94. The average molecular weight is 869 g/mol. The lowest BCUT2D eigenvalue weighted by atomic mass is 9.97. The first-order valence-corrected chi connectivity index (χ1v) is 23.2. The van der Waals surface area contributed by atoms with Gasteiger partial charge in [-0.15, -0.1) is 0 Å². The highest BCUT2D eigenvalue weighted by Crippen LogP contribution is 2.47. The van der Waals surface area contributed by atoms with Gasteiger partial charge >= 0.3 is 0 Å². The van der Waals surface area contributed by atoms with Gasteiger partial charge in [0.05, 0.1) is 22.1 Å². The Morgan fingerprint density at radius 2 is 0.853 bits per heavy atom. The van der Waals surface area contributed by atoms with E-state index in [4.69, 9.17) is 8.83 Å². The number of hydrogen-bond acceptors (Lipinski definition) is 3. The van der Waals surface area contributed by atoms with Gasteiger partial charge in [0.1, 0.15) is 22.3 Å². The average Bonchev–Trinajstić information content (AvgIpc) is 4.10. The van der Waals surface area contributed by atoms with Crippen molar-refractivity contribution in [2.24, 2.45) is 0 Å². The lowest BCUT2D eigenvalue weighted by Gasteiger charge is -2.27. The molecule has 0 saturated heterocycles. The predicted octanol–water partition coefficient (Wildman–Crippen LogP) is 18.2. The molecule has 0 aliphatic heterocycles. The van der Waals surface area contributed by atoms with Crippen LogP contribution in [0.5, 0.6) is 0 Å². The molecule has 11 aromatic carbocycles. The van der Waals surface area contributed by atoms with Crippen LogP contribution in [-0.2, 0) is 0 Å². The molecule has 0 unspecified atom stereocenters. The second-order valence-corrected chi connectivity index (χ2v) is 17.6. The summed E-state index contributed by atoms with van der Waals surface area (Å²) in [6, 6.07) is 86.9. The molecule has 0 aliphatic carbocycles. The number of nitrogens with zero attached hydrogens (tertiary/aromatic N) is 2. The first-order valence-electron chi connectivity index (χ1n) is 23.2. The van der Waals surface area contributed by atoms with Crippen molar-refractivity contribution in [3.05, 3.63) is 243 Å². The van der Waals surface area contributed by atoms with Gasteiger partial charge in [-0.25, -0.2) is 0 Å². The maximum atomic E-state index is 6.94. The van der Waals surface area contributed by atoms with Gasteiger partial charge in [0.15, 0.2) is 0 Å². The monoisotopic (exact) mass is 868 g/mol. The van der Waals surface area contributed by atoms with E-state index in [1.54, 1.807) is 0 Å². The molecule has 318 valence electrons. The number of fused-ring (bicyclic) bond motifs is 10. The summed E-state index contributed by atoms with van der Waals surface area (Å²) in [6.45, 7) is 0. The van der Waals surface area contributed by atoms with E-state index in [-0.39, 0.29) is 0 Å². The molecule has 0 N–H and O–H groups in total. The van der Waals surface area contributed by atoms with Gasteiger partial charge in [-0.3, -0.25) is 0 Å². The molecule has 14 rings (SSSR count). The number of aromatic nitrogens is 1. The molecule has 0 spiro atoms. The summed E-state index contributed by atoms with van der Waals surface area (Å²) < 4.78 is 15.6. The molecule has 0 fully saturated rings. The van der Waals surface area contributed by atoms with Crippen molar-refractivity contribution in [2.45, 2.75) is 0 Å². The van der Waals surface area contributed by atoms with Crippen LogP contribution in [0.1, 0.15) is 0 Å². The highest BCUT2D eigenvalue weighted by atomic mass is 16.3. The second-order valence-electron chi connectivity index (χ2n) is 17.6. The first kappa shape index (κ1) is 38.2. The summed E-state index contributed by atoms with van der Waals surface area (Å²) in [5.41, 5.74) is 16.8. The Hall–Kier alpha value is -9.12. The molecular weight excluding hydrogens is 829 g/mol. The zero-order valence-corrected chi connectivity index (χ0v) is 36.8. The van der Waals surface area contributed by atoms with Gasteiger partial charge in [-0.05, 0) is 124 Å². The second kappa shape index (κ2) is 15.2. The van der Waals surface area contributed by atoms with E-state index >= 15 is 0 Å². The molecule has 0 amide bonds. The zero-order chi connectivity index (χ0) is 44.7. The van der Waals surface area contributed by atoms with Crippen LogP contribution in [0.2, 0.25) is 0 Å². The summed E-state index contributed by atoms with van der Waals surface area (Å²) in [6.07, 6.45) is 0. The fourth-order valence-electron chi connectivity index (χ4n) is 10.6. The standard InChI is InChI=1S/C64H40N2O2/c1-2-13-45-40-46(25-24-41(45)12-1)42-26-32-47(33-27-42)65(48-34-28-43(29-35-48)50-18-11-23-61-62(50)54-16-5-9-21-59(54)67-61)58-39-38-51(64-63(58)55-17-6-10-22-60(55)68-64)44-30-36-49(37-31-44)66-56-19-7-3-14-52(56)53-15-4-8-20-57(53)66/h1-40H. The summed E-state index contributed by atoms with van der Waals surface area (Å²) in [4.78, 5) is 2.38. The summed E-state index contributed by atoms with van der Waals surface area (Å²) >= 11 is 0. The van der Waals surface area contributed by atoms with Crippen LogP contribution in [0.15, 0.2) is 251 Å². The first-order chi connectivity index (χ1) is 33.7. The third-order valence-corrected chi connectivity index (χ3v) is 13.8. The fraction of sp³-hybridized carbons (Fsp3) is 0. The molecule has 0 aliphatic rings. The Kier molecular flexibility index (Phi) is 8.55. The largest absolute Gasteiger partial charge is 0.456 e. The van der Waals surface area contributed by atoms with Gasteiger partial charge in [-0.2, -0.15) is 0 Å². The van der Waals surface area contributed by atoms with Crippen LogP contribution >= 0.6 is 0 Å². The number of furan rings is 2. The SMILES string of the molecule is c1ccc2cc(-c3ccc(N(c4ccc(-c5cccc6oc7ccccc7c56)cc4)c4ccc(-c5ccc(-n6c7ccccc7c7ccccc76)cc5)c5oc6ccccc6c45)cc3)ccc2c1. The Balaban J connectivity index is 0.924. The van der Waals surface area contributed by atoms with Gasteiger partial charge < -0.3 is 18.3 Å². The minimum absolute atomic E-state index is 0.848. The molecule has 68 heavy (non-hydrogen) atoms. The molecule has 0 atom stereocenters. The van der Waals surface area contributed by atoms with E-state index in [0.29, 0.717) is 0 Å². The van der Waals surface area contributed by atoms with Crippen LogP contribution < -0.4 is 4.90 Å². The quantitative estimate of drug-likeness (QED) is 0.160. The Morgan fingerprint density at radius 1 is 0.324 bits per heavy atom. The molecule has 4 nitrogen and oxygen atoms in total. The topological polar surface area (TPSA) is 34.5 Å². The van der Waals surface area contributed by atoms with E-state index in [1.807, 2.05) is 12.1 Å². The molecular formula is C64H40N2O2. The minimum atomic E-state index is 0.848. The molecule has 0 radical (unpaired) electrons. The van der Waals surface area contributed by atoms with Crippen LogP contribution in [0.4, 0.5) is 17.1 Å². The number of hydrogen-bond donors (Lipinski definition) is 0. The van der Waals surface area contributed by atoms with Crippen LogP contribution in [0.3, 0.4) is 0 Å². The Labute approximate surface area is 391 Å². The molecule has 0 bridgehead atoms. The van der Waals surface area contributed by atoms with Crippen molar-refractivity contribution >= 4 is 93.5 Å². The van der Waals surface area contributed by atoms with E-state index in [9.17, 15) is 0 Å². The number of rotatable bonds is 7. The van der Waals surface area contributed by atoms with Crippen LogP contribution in [0.25, 0.3) is 116 Å². The number of anilines is 3. The van der Waals surface area contributed by atoms with Gasteiger partial charge in [0.2, 0.25) is 0 Å². The fourth-order valence-corrected chi connectivity index (χ4v) is 10.6. The van der Waals surface area contributed by atoms with Gasteiger partial charge in [-0.1, -0.05) is 158 Å². The molecule has 0 saturated carbocycles. The predicted molar refractivity (Wildman–Crippen MR) is 284 cm³/mol. The number of para-hydroxylation sites is 4. The molecule has 3 aromatic heterocycles. The van der Waals surface area contributed by atoms with Crippen molar-refractivity contribution in [1.29, 1.82) is 0 Å². The van der Waals surface area contributed by atoms with Gasteiger partial charge in [0.25, 0.3) is 0 Å². The summed E-state index contributed by atoms with van der Waals surface area (Å²) in [5.74, 6) is 0. The van der Waals surface area contributed by atoms with Crippen molar-refractivity contribution in [1.82, 2.24) is 4.57 Å². The molecule has 14 aromatic rings. The zero-order valence-electron chi connectivity index (χ0n) is 36.8. The van der Waals surface area contributed by atoms with Crippen molar-refractivity contribution < 1.29 is 8.83 Å². The van der Waals surface area contributed by atoms with E-state index in [2.05, 4.69) is 240 Å². The van der Waals surface area contributed by atoms with E-state index in [0.717, 1.165) is 94.4 Å².